The third-order valence-corrected chi connectivity index (χ3v) is 4.95. The van der Waals surface area contributed by atoms with Crippen molar-refractivity contribution in [2.24, 2.45) is 0 Å². The van der Waals surface area contributed by atoms with E-state index in [0.717, 1.165) is 23.3 Å². The summed E-state index contributed by atoms with van der Waals surface area (Å²) >= 11 is 1.64. The molecule has 0 saturated heterocycles. The molecule has 1 amide bonds. The maximum atomic E-state index is 12.3. The number of nitrogens with one attached hydrogen (secondary N) is 1. The van der Waals surface area contributed by atoms with Crippen molar-refractivity contribution in [2.75, 3.05) is 5.32 Å². The van der Waals surface area contributed by atoms with E-state index in [1.54, 1.807) is 17.5 Å². The molecule has 0 saturated carbocycles. The first kappa shape index (κ1) is 13.3. The summed E-state index contributed by atoms with van der Waals surface area (Å²) in [6.45, 7) is 1.95. The molecule has 3 nitrogen and oxygen atoms in total. The summed E-state index contributed by atoms with van der Waals surface area (Å²) in [5.74, 6) is 0.617. The number of anilines is 1. The molecule has 1 N–H and O–H groups in total. The lowest BCUT2D eigenvalue weighted by atomic mass is 10.1. The second-order valence-corrected chi connectivity index (χ2v) is 6.38. The smallest absolute Gasteiger partial charge is 0.266 e. The van der Waals surface area contributed by atoms with Gasteiger partial charge in [-0.1, -0.05) is 12.5 Å². The number of hydrogen-bond donors (Lipinski definition) is 1. The molecule has 104 valence electrons. The highest BCUT2D eigenvalue weighted by atomic mass is 32.1. The van der Waals surface area contributed by atoms with E-state index in [4.69, 9.17) is 0 Å². The van der Waals surface area contributed by atoms with Crippen LogP contribution in [0.4, 0.5) is 5.82 Å². The van der Waals surface area contributed by atoms with Crippen molar-refractivity contribution in [2.45, 2.75) is 39.0 Å². The summed E-state index contributed by atoms with van der Waals surface area (Å²) in [5, 5.41) is 2.91. The van der Waals surface area contributed by atoms with Gasteiger partial charge in [-0.2, -0.15) is 0 Å². The quantitative estimate of drug-likeness (QED) is 0.849. The Kier molecular flexibility index (Phi) is 3.83. The van der Waals surface area contributed by atoms with Crippen molar-refractivity contribution in [3.05, 3.63) is 45.3 Å². The first-order valence-corrected chi connectivity index (χ1v) is 7.90. The van der Waals surface area contributed by atoms with E-state index in [2.05, 4.69) is 16.4 Å². The van der Waals surface area contributed by atoms with Gasteiger partial charge in [-0.25, -0.2) is 4.98 Å². The number of hydrogen-bond acceptors (Lipinski definition) is 3. The number of amides is 1. The fourth-order valence-corrected chi connectivity index (χ4v) is 3.71. The molecule has 0 spiro atoms. The fourth-order valence-electron chi connectivity index (χ4n) is 2.57. The van der Waals surface area contributed by atoms with E-state index in [0.29, 0.717) is 5.82 Å². The van der Waals surface area contributed by atoms with E-state index in [1.165, 1.54) is 29.7 Å². The Labute approximate surface area is 123 Å². The lowest BCUT2D eigenvalue weighted by molar-refractivity contribution is 0.103. The molecule has 0 bridgehead atoms. The minimum Gasteiger partial charge on any atom is -0.306 e. The molecular weight excluding hydrogens is 268 g/mol. The average Bonchev–Trinajstić information content (AvgIpc) is 2.73. The minimum absolute atomic E-state index is 0.0372. The Morgan fingerprint density at radius 3 is 3.00 bits per heavy atom. The van der Waals surface area contributed by atoms with Crippen molar-refractivity contribution in [3.8, 4) is 0 Å². The Morgan fingerprint density at radius 2 is 2.15 bits per heavy atom. The van der Waals surface area contributed by atoms with E-state index in [9.17, 15) is 4.79 Å². The van der Waals surface area contributed by atoms with Gasteiger partial charge in [-0.3, -0.25) is 4.79 Å². The monoisotopic (exact) mass is 286 g/mol. The number of aryl methyl sites for hydroxylation is 3. The van der Waals surface area contributed by atoms with E-state index < -0.39 is 0 Å². The van der Waals surface area contributed by atoms with Gasteiger partial charge in [-0.15, -0.1) is 11.3 Å². The number of pyridine rings is 1. The first-order valence-electron chi connectivity index (χ1n) is 7.08. The number of fused-ring (bicyclic) bond motifs is 1. The molecule has 4 heteroatoms. The molecule has 1 aliphatic carbocycles. The molecular formula is C16H18N2OS. The van der Waals surface area contributed by atoms with Crippen LogP contribution in [-0.2, 0) is 12.8 Å². The zero-order valence-corrected chi connectivity index (χ0v) is 12.4. The van der Waals surface area contributed by atoms with Crippen molar-refractivity contribution in [1.29, 1.82) is 0 Å². The highest BCUT2D eigenvalue weighted by Gasteiger charge is 2.17. The van der Waals surface area contributed by atoms with Gasteiger partial charge in [0, 0.05) is 11.1 Å². The number of aromatic nitrogens is 1. The standard InChI is InChI=1S/C16H18N2OS/c1-11-6-5-9-17-15(11)18-16(19)14-10-12-7-3-2-4-8-13(12)20-14/h5-6,9-10H,2-4,7-8H2,1H3,(H,17,18,19). The fraction of sp³-hybridized carbons (Fsp3) is 0.375. The van der Waals surface area contributed by atoms with Crippen LogP contribution in [0.2, 0.25) is 0 Å². The van der Waals surface area contributed by atoms with Crippen LogP contribution in [0.5, 0.6) is 0 Å². The zero-order chi connectivity index (χ0) is 13.9. The second kappa shape index (κ2) is 5.75. The molecule has 0 atom stereocenters. The van der Waals surface area contributed by atoms with Crippen LogP contribution >= 0.6 is 11.3 Å². The topological polar surface area (TPSA) is 42.0 Å². The molecule has 20 heavy (non-hydrogen) atoms. The highest BCUT2D eigenvalue weighted by Crippen LogP contribution is 2.29. The van der Waals surface area contributed by atoms with Gasteiger partial charge in [0.15, 0.2) is 0 Å². The molecule has 2 heterocycles. The minimum atomic E-state index is -0.0372. The Bertz CT molecular complexity index is 610. The van der Waals surface area contributed by atoms with Crippen molar-refractivity contribution in [1.82, 2.24) is 4.98 Å². The van der Waals surface area contributed by atoms with E-state index in [1.807, 2.05) is 19.1 Å². The third-order valence-electron chi connectivity index (χ3n) is 3.71. The predicted molar refractivity (Wildman–Crippen MR) is 82.5 cm³/mol. The molecule has 2 aromatic rings. The molecule has 0 fully saturated rings. The molecule has 3 rings (SSSR count). The van der Waals surface area contributed by atoms with Gasteiger partial charge < -0.3 is 5.32 Å². The maximum absolute atomic E-state index is 12.3. The number of rotatable bonds is 2. The van der Waals surface area contributed by atoms with Gasteiger partial charge in [0.25, 0.3) is 5.91 Å². The average molecular weight is 286 g/mol. The van der Waals surface area contributed by atoms with Gasteiger partial charge in [0.2, 0.25) is 0 Å². The first-order chi connectivity index (χ1) is 9.74. The Balaban J connectivity index is 1.79. The van der Waals surface area contributed by atoms with E-state index >= 15 is 0 Å². The highest BCUT2D eigenvalue weighted by molar-refractivity contribution is 7.14. The molecule has 0 unspecified atom stereocenters. The van der Waals surface area contributed by atoms with Crippen LogP contribution in [0.1, 0.15) is 44.9 Å². The Morgan fingerprint density at radius 1 is 1.30 bits per heavy atom. The van der Waals surface area contributed by atoms with Crippen LogP contribution in [0.3, 0.4) is 0 Å². The van der Waals surface area contributed by atoms with Gasteiger partial charge in [0.05, 0.1) is 4.88 Å². The summed E-state index contributed by atoms with van der Waals surface area (Å²) in [6.07, 6.45) is 7.72. The number of thiophene rings is 1. The van der Waals surface area contributed by atoms with E-state index in [-0.39, 0.29) is 5.91 Å². The lowest BCUT2D eigenvalue weighted by Crippen LogP contribution is -2.12. The number of nitrogens with zero attached hydrogens (tertiary/aromatic N) is 1. The van der Waals surface area contributed by atoms with Crippen molar-refractivity contribution < 1.29 is 4.79 Å². The predicted octanol–water partition coefficient (Wildman–Crippen LogP) is 3.97. The summed E-state index contributed by atoms with van der Waals surface area (Å²) in [5.41, 5.74) is 2.36. The summed E-state index contributed by atoms with van der Waals surface area (Å²) in [6, 6.07) is 5.89. The largest absolute Gasteiger partial charge is 0.306 e. The van der Waals surface area contributed by atoms with Gasteiger partial charge in [0.1, 0.15) is 5.82 Å². The maximum Gasteiger partial charge on any atom is 0.266 e. The van der Waals surface area contributed by atoms with Crippen molar-refractivity contribution >= 4 is 23.1 Å². The van der Waals surface area contributed by atoms with Crippen LogP contribution in [0.25, 0.3) is 0 Å². The normalized spacial score (nSPS) is 14.4. The molecule has 0 aromatic carbocycles. The van der Waals surface area contributed by atoms with Crippen LogP contribution in [0.15, 0.2) is 24.4 Å². The van der Waals surface area contributed by atoms with Gasteiger partial charge >= 0.3 is 0 Å². The summed E-state index contributed by atoms with van der Waals surface area (Å²) in [7, 11) is 0. The van der Waals surface area contributed by atoms with Crippen molar-refractivity contribution in [3.63, 3.8) is 0 Å². The zero-order valence-electron chi connectivity index (χ0n) is 11.6. The molecule has 0 radical (unpaired) electrons. The van der Waals surface area contributed by atoms with Gasteiger partial charge in [-0.05, 0) is 55.9 Å². The second-order valence-electron chi connectivity index (χ2n) is 5.24. The SMILES string of the molecule is Cc1cccnc1NC(=O)c1cc2c(s1)CCCCC2. The lowest BCUT2D eigenvalue weighted by Gasteiger charge is -2.05. The summed E-state index contributed by atoms with van der Waals surface area (Å²) < 4.78 is 0. The number of carbonyl (C=O) groups excluding carboxylic acids is 1. The number of carbonyl (C=O) groups is 1. The molecule has 2 aromatic heterocycles. The Hall–Kier alpha value is -1.68. The third kappa shape index (κ3) is 2.75. The van der Waals surface area contributed by atoms with Crippen LogP contribution in [-0.4, -0.2) is 10.9 Å². The van der Waals surface area contributed by atoms with Crippen LogP contribution in [0, 0.1) is 6.92 Å². The van der Waals surface area contributed by atoms with Crippen LogP contribution < -0.4 is 5.32 Å². The molecule has 0 aliphatic heterocycles. The summed E-state index contributed by atoms with van der Waals surface area (Å²) in [4.78, 5) is 18.7. The molecule has 1 aliphatic rings.